The molecule has 0 saturated carbocycles. The van der Waals surface area contributed by atoms with Gasteiger partial charge in [0.15, 0.2) is 15.6 Å². The Hall–Kier alpha value is -3.15. The molecule has 0 amide bonds. The van der Waals surface area contributed by atoms with E-state index in [1.165, 1.54) is 29.9 Å². The molecule has 0 aliphatic carbocycles. The van der Waals surface area contributed by atoms with E-state index in [1.54, 1.807) is 39.2 Å². The molecule has 2 aromatic carbocycles. The minimum absolute atomic E-state index is 0.0462. The summed E-state index contributed by atoms with van der Waals surface area (Å²) in [5.74, 6) is -1.30. The van der Waals surface area contributed by atoms with E-state index in [9.17, 15) is 26.6 Å². The van der Waals surface area contributed by atoms with Crippen LogP contribution in [-0.2, 0) is 33.6 Å². The van der Waals surface area contributed by atoms with Gasteiger partial charge < -0.3 is 9.30 Å². The van der Waals surface area contributed by atoms with Gasteiger partial charge in [0.05, 0.1) is 34.2 Å². The predicted molar refractivity (Wildman–Crippen MR) is 156 cm³/mol. The topological polar surface area (TPSA) is 112 Å². The minimum Gasteiger partial charge on any atom is -0.496 e. The Morgan fingerprint density at radius 2 is 1.75 bits per heavy atom. The highest BCUT2D eigenvalue weighted by molar-refractivity contribution is 7.90. The van der Waals surface area contributed by atoms with Crippen molar-refractivity contribution in [1.29, 1.82) is 0 Å². The van der Waals surface area contributed by atoms with Crippen LogP contribution in [0.3, 0.4) is 0 Å². The van der Waals surface area contributed by atoms with Crippen molar-refractivity contribution in [2.75, 3.05) is 12.9 Å². The molecule has 8 nitrogen and oxygen atoms in total. The van der Waals surface area contributed by atoms with Crippen molar-refractivity contribution < 1.29 is 26.5 Å². The lowest BCUT2D eigenvalue weighted by Crippen LogP contribution is -2.35. The van der Waals surface area contributed by atoms with Crippen molar-refractivity contribution in [2.45, 2.75) is 51.2 Å². The van der Waals surface area contributed by atoms with Gasteiger partial charge in [-0.1, -0.05) is 19.1 Å². The van der Waals surface area contributed by atoms with Crippen LogP contribution in [0.1, 0.15) is 67.7 Å². The lowest BCUT2D eigenvalue weighted by molar-refractivity contribution is 0.103. The molecule has 0 fully saturated rings. The molecule has 2 atom stereocenters. The molecule has 40 heavy (non-hydrogen) atoms. The predicted octanol–water partition coefficient (Wildman–Crippen LogP) is 4.48. The van der Waals surface area contributed by atoms with Gasteiger partial charge in [-0.05, 0) is 62.6 Å². The van der Waals surface area contributed by atoms with E-state index >= 15 is 0 Å². The number of ketones is 1. The summed E-state index contributed by atoms with van der Waals surface area (Å²) in [5, 5.41) is 0. The summed E-state index contributed by atoms with van der Waals surface area (Å²) in [6.07, 6.45) is 1.57. The largest absolute Gasteiger partial charge is 0.496 e. The van der Waals surface area contributed by atoms with Gasteiger partial charge in [-0.15, -0.1) is 0 Å². The monoisotopic (exact) mass is 590 g/mol. The number of hydrogen-bond donors (Lipinski definition) is 1. The first kappa shape index (κ1) is 31.4. The summed E-state index contributed by atoms with van der Waals surface area (Å²) in [5.41, 5.74) is 1.80. The second-order valence-corrected chi connectivity index (χ2v) is 14.9. The highest BCUT2D eigenvalue weighted by atomic mass is 32.2. The van der Waals surface area contributed by atoms with E-state index in [1.807, 2.05) is 20.8 Å². The number of nitrogens with one attached hydrogen (secondary N) is 1. The van der Waals surface area contributed by atoms with E-state index in [-0.39, 0.29) is 33.9 Å². The van der Waals surface area contributed by atoms with Crippen LogP contribution in [-0.4, -0.2) is 40.6 Å². The molecule has 0 radical (unpaired) electrons. The first-order chi connectivity index (χ1) is 18.6. The second kappa shape index (κ2) is 12.2. The number of pyridine rings is 1. The fraction of sp³-hybridized carbons (Fsp3) is 0.379. The van der Waals surface area contributed by atoms with Crippen molar-refractivity contribution >= 4 is 26.6 Å². The van der Waals surface area contributed by atoms with Crippen LogP contribution in [0.15, 0.2) is 53.5 Å². The highest BCUT2D eigenvalue weighted by Crippen LogP contribution is 2.34. The number of hydrogen-bond acceptors (Lipinski definition) is 6. The number of ether oxygens (including phenoxy) is 1. The Kier molecular flexibility index (Phi) is 9.54. The average molecular weight is 591 g/mol. The summed E-state index contributed by atoms with van der Waals surface area (Å²) >= 11 is 0. The molecule has 11 heteroatoms. The molecule has 3 rings (SSSR count). The molecule has 0 saturated heterocycles. The smallest absolute Gasteiger partial charge is 0.250 e. The average Bonchev–Trinajstić information content (AvgIpc) is 2.88. The quantitative estimate of drug-likeness (QED) is 0.349. The molecule has 0 unspecified atom stereocenters. The maximum absolute atomic E-state index is 13.9. The van der Waals surface area contributed by atoms with E-state index in [4.69, 9.17) is 4.74 Å². The van der Waals surface area contributed by atoms with Gasteiger partial charge in [0.25, 0.3) is 5.56 Å². The summed E-state index contributed by atoms with van der Waals surface area (Å²) in [6, 6.07) is 9.15. The van der Waals surface area contributed by atoms with Gasteiger partial charge in [-0.25, -0.2) is 21.7 Å². The van der Waals surface area contributed by atoms with Gasteiger partial charge in [-0.3, -0.25) is 9.59 Å². The maximum Gasteiger partial charge on any atom is 0.250 e. The molecule has 0 bridgehead atoms. The lowest BCUT2D eigenvalue weighted by atomic mass is 9.89. The van der Waals surface area contributed by atoms with Crippen LogP contribution in [0.5, 0.6) is 5.75 Å². The first-order valence-corrected chi connectivity index (χ1v) is 15.7. The van der Waals surface area contributed by atoms with Gasteiger partial charge in [0, 0.05) is 48.3 Å². The third-order valence-corrected chi connectivity index (χ3v) is 9.75. The lowest BCUT2D eigenvalue weighted by Gasteiger charge is -2.24. The number of aromatic nitrogens is 1. The number of aryl methyl sites for hydroxylation is 1. The molecule has 0 aliphatic rings. The van der Waals surface area contributed by atoms with Crippen LogP contribution in [0, 0.1) is 5.82 Å². The van der Waals surface area contributed by atoms with Crippen LogP contribution in [0.25, 0.3) is 11.1 Å². The number of benzene rings is 2. The van der Waals surface area contributed by atoms with E-state index in [0.717, 1.165) is 12.1 Å². The van der Waals surface area contributed by atoms with Crippen LogP contribution in [0.2, 0.25) is 0 Å². The van der Waals surface area contributed by atoms with Crippen LogP contribution < -0.4 is 15.0 Å². The molecule has 1 heterocycles. The number of rotatable bonds is 10. The zero-order valence-electron chi connectivity index (χ0n) is 23.7. The van der Waals surface area contributed by atoms with Crippen molar-refractivity contribution in [3.63, 3.8) is 0 Å². The summed E-state index contributed by atoms with van der Waals surface area (Å²) in [6.45, 7) is 8.77. The van der Waals surface area contributed by atoms with Crippen molar-refractivity contribution in [1.82, 2.24) is 9.29 Å². The second-order valence-electron chi connectivity index (χ2n) is 10.5. The van der Waals surface area contributed by atoms with Crippen molar-refractivity contribution in [3.8, 4) is 16.9 Å². The Labute approximate surface area is 237 Å². The van der Waals surface area contributed by atoms with Crippen molar-refractivity contribution in [2.24, 2.45) is 7.05 Å². The highest BCUT2D eigenvalue weighted by Gasteiger charge is 2.26. The molecule has 1 aromatic heterocycles. The number of carbonyl (C=O) groups excluding carboxylic acids is 1. The molecular formula is C29H35FN2O6S2. The number of nitrogens with zero attached hydrogens (tertiary/aromatic N) is 1. The molecule has 3 aromatic rings. The zero-order valence-corrected chi connectivity index (χ0v) is 25.3. The zero-order chi connectivity index (χ0) is 30.0. The third-order valence-electron chi connectivity index (χ3n) is 6.42. The SMILES string of the molecule is CCS(=O)(=O)Cc1ccc(C(=O)c2ccc(F)cc2OC)c(-c2cn(C)c(=O)cc2[C@H](C)N[S@@](=O)C(C)(C)C)c1. The van der Waals surface area contributed by atoms with Crippen molar-refractivity contribution in [3.05, 3.63) is 87.1 Å². The van der Waals surface area contributed by atoms with Crippen LogP contribution in [0.4, 0.5) is 4.39 Å². The normalized spacial score (nSPS) is 13.6. The van der Waals surface area contributed by atoms with E-state index in [0.29, 0.717) is 22.3 Å². The Bertz CT molecular complexity index is 1620. The minimum atomic E-state index is -3.40. The summed E-state index contributed by atoms with van der Waals surface area (Å²) < 4.78 is 60.8. The molecule has 0 spiro atoms. The van der Waals surface area contributed by atoms with Gasteiger partial charge >= 0.3 is 0 Å². The summed E-state index contributed by atoms with van der Waals surface area (Å²) in [7, 11) is -1.97. The molecular weight excluding hydrogens is 555 g/mol. The van der Waals surface area contributed by atoms with E-state index < -0.39 is 43.2 Å². The number of methoxy groups -OCH3 is 1. The van der Waals surface area contributed by atoms with Gasteiger partial charge in [-0.2, -0.15) is 0 Å². The molecule has 1 N–H and O–H groups in total. The third kappa shape index (κ3) is 7.13. The van der Waals surface area contributed by atoms with Crippen LogP contribution >= 0.6 is 0 Å². The molecule has 216 valence electrons. The Morgan fingerprint density at radius 3 is 2.35 bits per heavy atom. The number of sulfone groups is 1. The van der Waals surface area contributed by atoms with E-state index in [2.05, 4.69) is 4.72 Å². The van der Waals surface area contributed by atoms with Gasteiger partial charge in [0.1, 0.15) is 11.6 Å². The summed E-state index contributed by atoms with van der Waals surface area (Å²) in [4.78, 5) is 26.6. The molecule has 0 aliphatic heterocycles. The fourth-order valence-electron chi connectivity index (χ4n) is 4.08. The first-order valence-electron chi connectivity index (χ1n) is 12.7. The number of halogens is 1. The Morgan fingerprint density at radius 1 is 1.10 bits per heavy atom. The van der Waals surface area contributed by atoms with Gasteiger partial charge in [0.2, 0.25) is 0 Å². The standard InChI is InChI=1S/C29H35FN2O6S2/c1-8-40(36,37)17-19-9-11-21(28(34)22-12-10-20(30)14-26(22)38-7)24(13-19)25-16-32(6)27(33)15-23(25)18(2)31-39(35)29(3,4)5/h9-16,18,31H,8,17H2,1-7H3/t18-,39-/m0/s1. The fourth-order valence-corrected chi connectivity index (χ4v) is 5.78. The number of carbonyl (C=O) groups is 1. The maximum atomic E-state index is 13.9. The Balaban J connectivity index is 2.31.